The molecule has 0 unspecified atom stereocenters. The van der Waals surface area contributed by atoms with Gasteiger partial charge in [0.05, 0.1) is 17.1 Å². The molecular formula is C22H22Cl2FN3O3S. The first kappa shape index (κ1) is 23.2. The van der Waals surface area contributed by atoms with Gasteiger partial charge >= 0.3 is 0 Å². The minimum atomic E-state index is -4.09. The lowest BCUT2D eigenvalue weighted by molar-refractivity contribution is -0.135. The third-order valence-corrected chi connectivity index (χ3v) is 8.37. The summed E-state index contributed by atoms with van der Waals surface area (Å²) >= 11 is 12.1. The minimum Gasteiger partial charge on any atom is -0.335 e. The van der Waals surface area contributed by atoms with Crippen LogP contribution in [-0.4, -0.2) is 47.1 Å². The molecule has 0 saturated carbocycles. The Morgan fingerprint density at radius 3 is 2.59 bits per heavy atom. The minimum absolute atomic E-state index is 0.0457. The lowest BCUT2D eigenvalue weighted by Crippen LogP contribution is -2.54. The van der Waals surface area contributed by atoms with Crippen molar-refractivity contribution in [1.82, 2.24) is 14.2 Å². The van der Waals surface area contributed by atoms with Gasteiger partial charge in [0, 0.05) is 34.7 Å². The average Bonchev–Trinajstić information content (AvgIpc) is 2.82. The number of rotatable bonds is 5. The summed E-state index contributed by atoms with van der Waals surface area (Å²) in [6.07, 6.45) is 4.78. The number of pyridine rings is 1. The third kappa shape index (κ3) is 4.29. The van der Waals surface area contributed by atoms with Crippen LogP contribution in [0.25, 0.3) is 0 Å². The van der Waals surface area contributed by atoms with Crippen molar-refractivity contribution in [3.63, 3.8) is 0 Å². The van der Waals surface area contributed by atoms with Crippen molar-refractivity contribution in [2.75, 3.05) is 6.54 Å². The average molecular weight is 498 g/mol. The monoisotopic (exact) mass is 497 g/mol. The number of sulfonamides is 1. The summed E-state index contributed by atoms with van der Waals surface area (Å²) in [5.74, 6) is -1.22. The van der Waals surface area contributed by atoms with E-state index in [0.717, 1.165) is 0 Å². The Balaban J connectivity index is 1.77. The Labute approximate surface area is 196 Å². The molecule has 0 spiro atoms. The number of piperidine rings is 1. The smallest absolute Gasteiger partial charge is 0.244 e. The van der Waals surface area contributed by atoms with Crippen LogP contribution in [0.15, 0.2) is 54.1 Å². The van der Waals surface area contributed by atoms with E-state index < -0.39 is 27.9 Å². The van der Waals surface area contributed by atoms with Crippen LogP contribution in [0.3, 0.4) is 0 Å². The van der Waals surface area contributed by atoms with Crippen molar-refractivity contribution < 1.29 is 17.6 Å². The predicted molar refractivity (Wildman–Crippen MR) is 120 cm³/mol. The number of amides is 1. The largest absolute Gasteiger partial charge is 0.335 e. The molecule has 2 bridgehead atoms. The van der Waals surface area contributed by atoms with Gasteiger partial charge in [0.15, 0.2) is 0 Å². The van der Waals surface area contributed by atoms with Crippen LogP contribution < -0.4 is 0 Å². The molecule has 170 valence electrons. The van der Waals surface area contributed by atoms with Crippen LogP contribution in [0, 0.1) is 11.7 Å². The fraction of sp³-hybridized carbons (Fsp3) is 0.364. The number of aromatic nitrogens is 1. The molecule has 32 heavy (non-hydrogen) atoms. The number of hydrogen-bond acceptors (Lipinski definition) is 4. The van der Waals surface area contributed by atoms with Gasteiger partial charge in [0.1, 0.15) is 11.9 Å². The van der Waals surface area contributed by atoms with Gasteiger partial charge in [0.25, 0.3) is 0 Å². The molecule has 0 N–H and O–H groups in total. The highest BCUT2D eigenvalue weighted by molar-refractivity contribution is 7.89. The van der Waals surface area contributed by atoms with E-state index in [0.29, 0.717) is 19.3 Å². The maximum Gasteiger partial charge on any atom is 0.244 e. The zero-order valence-corrected chi connectivity index (χ0v) is 19.5. The van der Waals surface area contributed by atoms with Gasteiger partial charge < -0.3 is 4.90 Å². The number of nitrogens with zero attached hydrogens (tertiary/aromatic N) is 3. The molecule has 2 aromatic rings. The van der Waals surface area contributed by atoms with E-state index >= 15 is 0 Å². The number of halogens is 3. The Kier molecular flexibility index (Phi) is 6.58. The van der Waals surface area contributed by atoms with E-state index in [1.807, 2.05) is 0 Å². The quantitative estimate of drug-likeness (QED) is 0.577. The van der Waals surface area contributed by atoms with Crippen LogP contribution in [0.1, 0.15) is 25.0 Å². The Morgan fingerprint density at radius 1 is 1.22 bits per heavy atom. The lowest BCUT2D eigenvalue weighted by atomic mass is 9.90. The summed E-state index contributed by atoms with van der Waals surface area (Å²) in [6, 6.07) is 5.51. The number of benzene rings is 1. The van der Waals surface area contributed by atoms with Gasteiger partial charge in [-0.05, 0) is 49.6 Å². The maximum atomic E-state index is 14.2. The topological polar surface area (TPSA) is 70.6 Å². The molecule has 6 nitrogen and oxygen atoms in total. The van der Waals surface area contributed by atoms with Crippen LogP contribution >= 0.6 is 23.2 Å². The van der Waals surface area contributed by atoms with Crippen molar-refractivity contribution in [2.45, 2.75) is 42.8 Å². The van der Waals surface area contributed by atoms with Gasteiger partial charge in [0.2, 0.25) is 15.9 Å². The Bertz CT molecular complexity index is 1140. The summed E-state index contributed by atoms with van der Waals surface area (Å²) in [5, 5.41) is 0.379. The molecule has 1 amide bonds. The van der Waals surface area contributed by atoms with E-state index in [9.17, 15) is 17.6 Å². The summed E-state index contributed by atoms with van der Waals surface area (Å²) in [7, 11) is -4.09. The fourth-order valence-corrected chi connectivity index (χ4v) is 7.15. The van der Waals surface area contributed by atoms with E-state index in [4.69, 9.17) is 23.2 Å². The van der Waals surface area contributed by atoms with Gasteiger partial charge in [-0.25, -0.2) is 12.8 Å². The number of hydrogen-bond donors (Lipinski definition) is 0. The molecule has 10 heteroatoms. The first-order chi connectivity index (χ1) is 15.2. The van der Waals surface area contributed by atoms with Crippen LogP contribution in [0.4, 0.5) is 4.39 Å². The van der Waals surface area contributed by atoms with Gasteiger partial charge in [-0.3, -0.25) is 9.78 Å². The second kappa shape index (κ2) is 9.09. The summed E-state index contributed by atoms with van der Waals surface area (Å²) < 4.78 is 43.0. The van der Waals surface area contributed by atoms with Gasteiger partial charge in [-0.15, -0.1) is 6.58 Å². The molecule has 4 rings (SSSR count). The van der Waals surface area contributed by atoms with Crippen molar-refractivity contribution in [1.29, 1.82) is 0 Å². The Hall–Kier alpha value is -2.00. The van der Waals surface area contributed by atoms with Crippen molar-refractivity contribution in [3.05, 3.63) is 70.7 Å². The van der Waals surface area contributed by atoms with Crippen molar-refractivity contribution >= 4 is 39.1 Å². The molecule has 3 atom stereocenters. The number of carbonyl (C=O) groups excluding carboxylic acids is 1. The molecule has 2 aliphatic rings. The highest BCUT2D eigenvalue weighted by Gasteiger charge is 2.49. The molecule has 0 radical (unpaired) electrons. The number of carbonyl (C=O) groups is 1. The first-order valence-electron chi connectivity index (χ1n) is 10.2. The molecule has 2 fully saturated rings. The van der Waals surface area contributed by atoms with E-state index in [1.54, 1.807) is 6.08 Å². The second-order valence-corrected chi connectivity index (χ2v) is 10.7. The highest BCUT2D eigenvalue weighted by atomic mass is 35.5. The highest BCUT2D eigenvalue weighted by Crippen LogP contribution is 2.38. The molecule has 3 heterocycles. The fourth-order valence-electron chi connectivity index (χ4n) is 4.55. The zero-order valence-electron chi connectivity index (χ0n) is 17.1. The molecule has 0 aliphatic carbocycles. The standard InChI is InChI=1S/C22H22Cl2FN3O3S/c1-2-14-12-27(13-19-18(25)5-4-8-26-19)22(29)21-7-3-6-20(14)28(21)32(30,31)17-10-15(23)9-16(24)11-17/h2,4-5,8-11,14,20-21H,1,3,6-7,12-13H2/t14-,20+,21-/m0/s1. The second-order valence-electron chi connectivity index (χ2n) is 8.00. The summed E-state index contributed by atoms with van der Waals surface area (Å²) in [4.78, 5) is 19.0. The predicted octanol–water partition coefficient (Wildman–Crippen LogP) is 4.28. The van der Waals surface area contributed by atoms with Crippen LogP contribution in [0.2, 0.25) is 10.0 Å². The lowest BCUT2D eigenvalue weighted by Gasteiger charge is -2.40. The molecule has 2 saturated heterocycles. The van der Waals surface area contributed by atoms with Crippen LogP contribution in [0.5, 0.6) is 0 Å². The van der Waals surface area contributed by atoms with Crippen LogP contribution in [-0.2, 0) is 21.4 Å². The van der Waals surface area contributed by atoms with Gasteiger partial charge in [-0.2, -0.15) is 4.31 Å². The molecule has 1 aromatic heterocycles. The van der Waals surface area contributed by atoms with Crippen molar-refractivity contribution in [3.8, 4) is 0 Å². The van der Waals surface area contributed by atoms with E-state index in [1.165, 1.54) is 45.7 Å². The maximum absolute atomic E-state index is 14.2. The van der Waals surface area contributed by atoms with Gasteiger partial charge in [-0.1, -0.05) is 29.3 Å². The first-order valence-corrected chi connectivity index (χ1v) is 12.4. The molecule has 1 aromatic carbocycles. The number of fused-ring (bicyclic) bond motifs is 2. The van der Waals surface area contributed by atoms with E-state index in [-0.39, 0.29) is 45.5 Å². The molecular weight excluding hydrogens is 476 g/mol. The zero-order chi connectivity index (χ0) is 23.0. The van der Waals surface area contributed by atoms with E-state index in [2.05, 4.69) is 11.6 Å². The normalized spacial score (nSPS) is 24.3. The van der Waals surface area contributed by atoms with Crippen molar-refractivity contribution in [2.24, 2.45) is 5.92 Å². The third-order valence-electron chi connectivity index (χ3n) is 6.02. The SMILES string of the molecule is C=C[C@H]1CN(Cc2ncccc2F)C(=O)[C@@H]2CCC[C@H]1N2S(=O)(=O)c1cc(Cl)cc(Cl)c1. The molecule has 2 aliphatic heterocycles. The Morgan fingerprint density at radius 2 is 1.94 bits per heavy atom. The summed E-state index contributed by atoms with van der Waals surface area (Å²) in [6.45, 7) is 4.06. The summed E-state index contributed by atoms with van der Waals surface area (Å²) in [5.41, 5.74) is 0.135.